The number of nitrogens with one attached hydrogen (secondary N) is 1. The van der Waals surface area contributed by atoms with Gasteiger partial charge in [0.1, 0.15) is 5.84 Å². The molecule has 0 saturated carbocycles. The number of rotatable bonds is 5. The monoisotopic (exact) mass is 309 g/mol. The van der Waals surface area contributed by atoms with Gasteiger partial charge in [-0.1, -0.05) is 46.9 Å². The van der Waals surface area contributed by atoms with Crippen molar-refractivity contribution in [3.05, 3.63) is 27.2 Å². The first-order valence-corrected chi connectivity index (χ1v) is 6.48. The van der Waals surface area contributed by atoms with Gasteiger partial charge in [-0.3, -0.25) is 0 Å². The molecule has 0 fully saturated rings. The highest BCUT2D eigenvalue weighted by Gasteiger charge is 2.12. The molecule has 0 radical (unpaired) electrons. The molecular weight excluding hydrogens is 296 g/mol. The summed E-state index contributed by atoms with van der Waals surface area (Å²) in [6, 6.07) is 3.22. The summed E-state index contributed by atoms with van der Waals surface area (Å²) in [5.74, 6) is 0.158. The van der Waals surface area contributed by atoms with Crippen LogP contribution in [-0.2, 0) is 0 Å². The molecule has 4 nitrogen and oxygen atoms in total. The fourth-order valence-corrected chi connectivity index (χ4v) is 2.05. The lowest BCUT2D eigenvalue weighted by molar-refractivity contribution is 0.316. The highest BCUT2D eigenvalue weighted by atomic mass is 35.5. The highest BCUT2D eigenvalue weighted by Crippen LogP contribution is 2.32. The van der Waals surface area contributed by atoms with E-state index in [1.54, 1.807) is 12.1 Å². The predicted molar refractivity (Wildman–Crippen MR) is 77.2 cm³/mol. The van der Waals surface area contributed by atoms with Crippen LogP contribution in [0.2, 0.25) is 15.1 Å². The molecule has 4 N–H and O–H groups in total. The van der Waals surface area contributed by atoms with Crippen LogP contribution in [0.1, 0.15) is 19.8 Å². The van der Waals surface area contributed by atoms with E-state index in [1.807, 2.05) is 6.92 Å². The van der Waals surface area contributed by atoms with Crippen LogP contribution in [-0.4, -0.2) is 17.1 Å². The Hall–Kier alpha value is -0.840. The Morgan fingerprint density at radius 3 is 2.50 bits per heavy atom. The number of nitrogens with zero attached hydrogens (tertiary/aromatic N) is 1. The van der Waals surface area contributed by atoms with Crippen LogP contribution >= 0.6 is 34.8 Å². The van der Waals surface area contributed by atoms with Crippen LogP contribution in [0.15, 0.2) is 17.3 Å². The number of hydrogen-bond acceptors (Lipinski definition) is 3. The van der Waals surface area contributed by atoms with E-state index < -0.39 is 0 Å². The predicted octanol–water partition coefficient (Wildman–Crippen LogP) is 3.97. The van der Waals surface area contributed by atoms with E-state index in [0.717, 1.165) is 6.42 Å². The number of nitrogens with two attached hydrogens (primary N) is 1. The standard InChI is InChI=1S/C11H14Cl3N3O/c1-2-6(3-11(15)17-18)16-10-5-8(13)7(12)4-9(10)14/h4-6,16,18H,2-3H2,1H3,(H2,15,17). The molecule has 1 atom stereocenters. The fourth-order valence-electron chi connectivity index (χ4n) is 1.44. The number of benzene rings is 1. The van der Waals surface area contributed by atoms with E-state index in [9.17, 15) is 0 Å². The molecule has 0 spiro atoms. The summed E-state index contributed by atoms with van der Waals surface area (Å²) in [6.45, 7) is 1.98. The Morgan fingerprint density at radius 2 is 1.94 bits per heavy atom. The maximum atomic E-state index is 8.55. The lowest BCUT2D eigenvalue weighted by atomic mass is 10.1. The number of hydrogen-bond donors (Lipinski definition) is 3. The molecule has 1 rings (SSSR count). The van der Waals surface area contributed by atoms with E-state index in [0.29, 0.717) is 27.2 Å². The van der Waals surface area contributed by atoms with E-state index >= 15 is 0 Å². The molecule has 0 saturated heterocycles. The van der Waals surface area contributed by atoms with Crippen molar-refractivity contribution in [2.24, 2.45) is 10.9 Å². The van der Waals surface area contributed by atoms with Crippen molar-refractivity contribution in [3.63, 3.8) is 0 Å². The summed E-state index contributed by atoms with van der Waals surface area (Å²) < 4.78 is 0. The van der Waals surface area contributed by atoms with E-state index in [4.69, 9.17) is 45.7 Å². The van der Waals surface area contributed by atoms with Crippen LogP contribution < -0.4 is 11.1 Å². The van der Waals surface area contributed by atoms with E-state index in [1.165, 1.54) is 0 Å². The summed E-state index contributed by atoms with van der Waals surface area (Å²) in [7, 11) is 0. The minimum Gasteiger partial charge on any atom is -0.409 e. The van der Waals surface area contributed by atoms with Gasteiger partial charge < -0.3 is 16.3 Å². The summed E-state index contributed by atoms with van der Waals surface area (Å²) >= 11 is 17.8. The Balaban J connectivity index is 2.85. The molecule has 1 aromatic rings. The molecule has 18 heavy (non-hydrogen) atoms. The summed E-state index contributed by atoms with van der Waals surface area (Å²) in [6.07, 6.45) is 1.19. The van der Waals surface area contributed by atoms with Gasteiger partial charge in [-0.2, -0.15) is 0 Å². The molecular formula is C11H14Cl3N3O. The van der Waals surface area contributed by atoms with Gasteiger partial charge in [0.15, 0.2) is 0 Å². The third-order valence-electron chi connectivity index (χ3n) is 2.45. The second kappa shape index (κ2) is 6.92. The fraction of sp³-hybridized carbons (Fsp3) is 0.364. The van der Waals surface area contributed by atoms with Gasteiger partial charge in [0, 0.05) is 12.5 Å². The molecule has 0 aromatic heterocycles. The van der Waals surface area contributed by atoms with Crippen LogP contribution in [0.3, 0.4) is 0 Å². The van der Waals surface area contributed by atoms with Gasteiger partial charge in [0.05, 0.1) is 20.8 Å². The van der Waals surface area contributed by atoms with Gasteiger partial charge in [-0.05, 0) is 18.6 Å². The number of amidine groups is 1. The number of oxime groups is 1. The minimum absolute atomic E-state index is 0.00404. The van der Waals surface area contributed by atoms with Crippen molar-refractivity contribution in [2.75, 3.05) is 5.32 Å². The van der Waals surface area contributed by atoms with Crippen LogP contribution in [0, 0.1) is 0 Å². The minimum atomic E-state index is -0.00404. The van der Waals surface area contributed by atoms with Crippen molar-refractivity contribution in [3.8, 4) is 0 Å². The SMILES string of the molecule is CCC(CC(N)=NO)Nc1cc(Cl)c(Cl)cc1Cl. The maximum Gasteiger partial charge on any atom is 0.141 e. The van der Waals surface area contributed by atoms with Crippen molar-refractivity contribution >= 4 is 46.3 Å². The van der Waals surface area contributed by atoms with Gasteiger partial charge in [0.2, 0.25) is 0 Å². The highest BCUT2D eigenvalue weighted by molar-refractivity contribution is 6.44. The average Bonchev–Trinajstić information content (AvgIpc) is 2.34. The lowest BCUT2D eigenvalue weighted by Crippen LogP contribution is -2.26. The average molecular weight is 311 g/mol. The third-order valence-corrected chi connectivity index (χ3v) is 3.48. The maximum absolute atomic E-state index is 8.55. The lowest BCUT2D eigenvalue weighted by Gasteiger charge is -2.19. The molecule has 0 aliphatic rings. The third kappa shape index (κ3) is 4.12. The van der Waals surface area contributed by atoms with Crippen molar-refractivity contribution in [1.29, 1.82) is 0 Å². The second-order valence-corrected chi connectivity index (χ2v) is 5.01. The molecule has 100 valence electrons. The molecule has 0 bridgehead atoms. The van der Waals surface area contributed by atoms with Gasteiger partial charge in [0.25, 0.3) is 0 Å². The van der Waals surface area contributed by atoms with Gasteiger partial charge in [-0.15, -0.1) is 0 Å². The van der Waals surface area contributed by atoms with Crippen molar-refractivity contribution in [2.45, 2.75) is 25.8 Å². The molecule has 0 aliphatic carbocycles. The topological polar surface area (TPSA) is 70.6 Å². The summed E-state index contributed by atoms with van der Waals surface area (Å²) in [5, 5.41) is 16.0. The summed E-state index contributed by atoms with van der Waals surface area (Å²) in [4.78, 5) is 0. The first-order valence-electron chi connectivity index (χ1n) is 5.35. The molecule has 1 unspecified atom stereocenters. The number of halogens is 3. The van der Waals surface area contributed by atoms with Crippen LogP contribution in [0.5, 0.6) is 0 Å². The normalized spacial score (nSPS) is 13.4. The van der Waals surface area contributed by atoms with Gasteiger partial charge in [-0.25, -0.2) is 0 Å². The molecule has 0 heterocycles. The second-order valence-electron chi connectivity index (χ2n) is 3.79. The Morgan fingerprint density at radius 1 is 1.33 bits per heavy atom. The van der Waals surface area contributed by atoms with Crippen LogP contribution in [0.25, 0.3) is 0 Å². The smallest absolute Gasteiger partial charge is 0.141 e. The zero-order valence-electron chi connectivity index (χ0n) is 9.75. The van der Waals surface area contributed by atoms with Gasteiger partial charge >= 0.3 is 0 Å². The Bertz CT molecular complexity index is 451. The zero-order chi connectivity index (χ0) is 13.7. The molecule has 7 heteroatoms. The van der Waals surface area contributed by atoms with E-state index in [2.05, 4.69) is 10.5 Å². The molecule has 0 amide bonds. The zero-order valence-corrected chi connectivity index (χ0v) is 12.0. The largest absolute Gasteiger partial charge is 0.409 e. The summed E-state index contributed by atoms with van der Waals surface area (Å²) in [5.41, 5.74) is 6.15. The Labute approximate surface area is 121 Å². The quantitative estimate of drug-likeness (QED) is 0.253. The first-order chi connectivity index (χ1) is 8.47. The molecule has 1 aromatic carbocycles. The van der Waals surface area contributed by atoms with E-state index in [-0.39, 0.29) is 11.9 Å². The number of anilines is 1. The first kappa shape index (κ1) is 15.2. The van der Waals surface area contributed by atoms with Crippen molar-refractivity contribution < 1.29 is 5.21 Å². The molecule has 0 aliphatic heterocycles. The van der Waals surface area contributed by atoms with Crippen LogP contribution in [0.4, 0.5) is 5.69 Å². The Kier molecular flexibility index (Phi) is 5.85. The van der Waals surface area contributed by atoms with Crippen molar-refractivity contribution in [1.82, 2.24) is 0 Å².